The van der Waals surface area contributed by atoms with Gasteiger partial charge in [0, 0.05) is 23.1 Å². The van der Waals surface area contributed by atoms with E-state index in [0.717, 1.165) is 22.8 Å². The van der Waals surface area contributed by atoms with Crippen LogP contribution in [0, 0.1) is 0 Å². The van der Waals surface area contributed by atoms with Gasteiger partial charge in [-0.3, -0.25) is 4.90 Å². The second-order valence-corrected chi connectivity index (χ2v) is 16.6. The maximum absolute atomic E-state index is 5.19. The molecule has 2 heteroatoms. The fourth-order valence-electron chi connectivity index (χ4n) is 9.97. The Hall–Kier alpha value is -8.59. The lowest BCUT2D eigenvalue weighted by molar-refractivity contribution is 1.18. The summed E-state index contributed by atoms with van der Waals surface area (Å²) in [4.78, 5) is 7.40. The molecule has 0 amide bonds. The van der Waals surface area contributed by atoms with Crippen molar-refractivity contribution >= 4 is 60.3 Å². The zero-order valence-corrected chi connectivity index (χ0v) is 35.6. The Labute approximate surface area is 379 Å². The number of pyridine rings is 1. The minimum atomic E-state index is 0.863. The summed E-state index contributed by atoms with van der Waals surface area (Å²) in [5, 5.41) is 9.76. The summed E-state index contributed by atoms with van der Waals surface area (Å²) >= 11 is 0. The predicted octanol–water partition coefficient (Wildman–Crippen LogP) is 17.5. The van der Waals surface area contributed by atoms with Crippen LogP contribution in [-0.4, -0.2) is 4.98 Å². The van der Waals surface area contributed by atoms with Gasteiger partial charge in [-0.25, -0.2) is 4.98 Å². The lowest BCUT2D eigenvalue weighted by atomic mass is 9.81. The first-order valence-electron chi connectivity index (χ1n) is 22.3. The smallest absolute Gasteiger partial charge is 0.137 e. The van der Waals surface area contributed by atoms with E-state index in [4.69, 9.17) is 4.98 Å². The van der Waals surface area contributed by atoms with E-state index in [2.05, 4.69) is 254 Å². The quantitative estimate of drug-likeness (QED) is 0.142. The van der Waals surface area contributed by atoms with Crippen molar-refractivity contribution in [3.63, 3.8) is 0 Å². The van der Waals surface area contributed by atoms with Crippen LogP contribution in [-0.2, 0) is 0 Å². The van der Waals surface area contributed by atoms with Crippen LogP contribution in [0.25, 0.3) is 98.7 Å². The number of anilines is 3. The molecule has 11 aromatic carbocycles. The van der Waals surface area contributed by atoms with Crippen LogP contribution in [0.4, 0.5) is 17.2 Å². The monoisotopic (exact) mass is 826 g/mol. The van der Waals surface area contributed by atoms with Crippen LogP contribution in [0.2, 0.25) is 0 Å². The van der Waals surface area contributed by atoms with E-state index in [9.17, 15) is 0 Å². The van der Waals surface area contributed by atoms with Crippen molar-refractivity contribution < 1.29 is 0 Å². The Morgan fingerprint density at radius 1 is 0.215 bits per heavy atom. The highest BCUT2D eigenvalue weighted by molar-refractivity contribution is 6.30. The van der Waals surface area contributed by atoms with Crippen LogP contribution in [0.1, 0.15) is 0 Å². The normalized spacial score (nSPS) is 11.4. The van der Waals surface area contributed by atoms with Gasteiger partial charge in [-0.05, 0) is 130 Å². The average Bonchev–Trinajstić information content (AvgIpc) is 3.39. The lowest BCUT2D eigenvalue weighted by Gasteiger charge is -2.25. The number of para-hydroxylation sites is 2. The second kappa shape index (κ2) is 16.3. The number of rotatable bonds is 8. The molecule has 0 aliphatic heterocycles. The van der Waals surface area contributed by atoms with E-state index in [1.165, 1.54) is 93.2 Å². The summed E-state index contributed by atoms with van der Waals surface area (Å²) in [5.74, 6) is 0.863. The molecule has 0 fully saturated rings. The molecule has 2 nitrogen and oxygen atoms in total. The third-order valence-electron chi connectivity index (χ3n) is 12.9. The Morgan fingerprint density at radius 2 is 0.492 bits per heavy atom. The van der Waals surface area contributed by atoms with Gasteiger partial charge in [0.2, 0.25) is 0 Å². The molecule has 304 valence electrons. The average molecular weight is 827 g/mol. The topological polar surface area (TPSA) is 16.1 Å². The molecule has 0 saturated carbocycles. The van der Waals surface area contributed by atoms with E-state index in [0.29, 0.717) is 0 Å². The Balaban J connectivity index is 1.01. The molecule has 0 unspecified atom stereocenters. The maximum atomic E-state index is 5.19. The molecule has 0 aliphatic carbocycles. The van der Waals surface area contributed by atoms with Gasteiger partial charge in [0.15, 0.2) is 0 Å². The Bertz CT molecular complexity index is 3500. The van der Waals surface area contributed by atoms with E-state index in [1.807, 2.05) is 6.20 Å². The molecule has 0 saturated heterocycles. The summed E-state index contributed by atoms with van der Waals surface area (Å²) in [6.07, 6.45) is 2.05. The van der Waals surface area contributed by atoms with Gasteiger partial charge in [0.25, 0.3) is 0 Å². The molecule has 12 rings (SSSR count). The van der Waals surface area contributed by atoms with E-state index in [-0.39, 0.29) is 0 Å². The third-order valence-corrected chi connectivity index (χ3v) is 12.9. The molecule has 0 aliphatic rings. The van der Waals surface area contributed by atoms with Crippen molar-refractivity contribution in [2.45, 2.75) is 0 Å². The zero-order valence-electron chi connectivity index (χ0n) is 35.6. The zero-order chi connectivity index (χ0) is 43.1. The molecule has 12 aromatic rings. The highest BCUT2D eigenvalue weighted by Gasteiger charge is 2.23. The molecular weight excluding hydrogens is 785 g/mol. The summed E-state index contributed by atoms with van der Waals surface area (Å²) in [7, 11) is 0. The van der Waals surface area contributed by atoms with Crippen LogP contribution in [0.3, 0.4) is 0 Å². The predicted molar refractivity (Wildman–Crippen MR) is 276 cm³/mol. The SMILES string of the molecule is c1ccc(-c2ccc(-c3ccc(-c4c5ccccc5c(-c5c6ccccc6c(-c6ccc(N(c7ccccc7)c7ccccc7)nc6)c6ccccc56)c5ccccc45)cc3)cc2)cc1. The van der Waals surface area contributed by atoms with Gasteiger partial charge in [-0.1, -0.05) is 212 Å². The minimum Gasteiger partial charge on any atom is -0.295 e. The summed E-state index contributed by atoms with van der Waals surface area (Å²) in [6.45, 7) is 0. The van der Waals surface area contributed by atoms with Gasteiger partial charge in [0.05, 0.1) is 0 Å². The minimum absolute atomic E-state index is 0.863. The molecular formula is C63H42N2. The standard InChI is InChI=1S/C63H42N2/c1-4-18-43(19-5-1)44-32-34-45(35-33-44)46-36-38-47(39-37-46)60-51-24-10-14-28-55(51)62(56-29-15-11-25-52(56)60)63-57-30-16-12-26-53(57)61(54-27-13-17-31-58(54)63)48-40-41-59(64-42-48)65(49-20-6-2-7-21-49)50-22-8-3-9-23-50/h1-42H. The first kappa shape index (κ1) is 38.1. The van der Waals surface area contributed by atoms with E-state index < -0.39 is 0 Å². The highest BCUT2D eigenvalue weighted by atomic mass is 15.2. The number of hydrogen-bond donors (Lipinski definition) is 0. The molecule has 0 atom stereocenters. The second-order valence-electron chi connectivity index (χ2n) is 16.6. The van der Waals surface area contributed by atoms with Crippen LogP contribution < -0.4 is 4.90 Å². The molecule has 0 N–H and O–H groups in total. The van der Waals surface area contributed by atoms with Crippen LogP contribution in [0.5, 0.6) is 0 Å². The van der Waals surface area contributed by atoms with E-state index in [1.54, 1.807) is 0 Å². The van der Waals surface area contributed by atoms with Crippen molar-refractivity contribution in [1.82, 2.24) is 4.98 Å². The van der Waals surface area contributed by atoms with Crippen molar-refractivity contribution in [1.29, 1.82) is 0 Å². The summed E-state index contributed by atoms with van der Waals surface area (Å²) in [5.41, 5.74) is 14.2. The fourth-order valence-corrected chi connectivity index (χ4v) is 9.97. The van der Waals surface area contributed by atoms with Gasteiger partial charge in [0.1, 0.15) is 5.82 Å². The maximum Gasteiger partial charge on any atom is 0.137 e. The Morgan fingerprint density at radius 3 is 0.846 bits per heavy atom. The van der Waals surface area contributed by atoms with Gasteiger partial charge in [-0.2, -0.15) is 0 Å². The van der Waals surface area contributed by atoms with Gasteiger partial charge >= 0.3 is 0 Å². The third kappa shape index (κ3) is 6.72. The number of aromatic nitrogens is 1. The van der Waals surface area contributed by atoms with Gasteiger partial charge < -0.3 is 0 Å². The summed E-state index contributed by atoms with van der Waals surface area (Å²) in [6, 6.07) is 89.7. The first-order valence-corrected chi connectivity index (χ1v) is 22.3. The van der Waals surface area contributed by atoms with E-state index >= 15 is 0 Å². The van der Waals surface area contributed by atoms with Crippen molar-refractivity contribution in [2.75, 3.05) is 4.90 Å². The first-order chi connectivity index (χ1) is 32.3. The molecule has 1 aromatic heterocycles. The number of hydrogen-bond acceptors (Lipinski definition) is 2. The van der Waals surface area contributed by atoms with Crippen LogP contribution in [0.15, 0.2) is 255 Å². The van der Waals surface area contributed by atoms with Crippen LogP contribution >= 0.6 is 0 Å². The fraction of sp³-hybridized carbons (Fsp3) is 0. The van der Waals surface area contributed by atoms with Crippen molar-refractivity contribution in [3.8, 4) is 55.6 Å². The number of fused-ring (bicyclic) bond motifs is 4. The van der Waals surface area contributed by atoms with Gasteiger partial charge in [-0.15, -0.1) is 0 Å². The number of nitrogens with zero attached hydrogens (tertiary/aromatic N) is 2. The molecule has 1 heterocycles. The summed E-state index contributed by atoms with van der Waals surface area (Å²) < 4.78 is 0. The highest BCUT2D eigenvalue weighted by Crippen LogP contribution is 2.50. The number of benzene rings is 11. The van der Waals surface area contributed by atoms with Crippen molar-refractivity contribution in [3.05, 3.63) is 255 Å². The molecule has 0 spiro atoms. The molecule has 0 bridgehead atoms. The lowest BCUT2D eigenvalue weighted by Crippen LogP contribution is -2.11. The molecule has 0 radical (unpaired) electrons. The Kier molecular flexibility index (Phi) is 9.54. The largest absolute Gasteiger partial charge is 0.295 e. The molecule has 65 heavy (non-hydrogen) atoms. The van der Waals surface area contributed by atoms with Crippen molar-refractivity contribution in [2.24, 2.45) is 0 Å².